The number of carbonyl (C=O) groups excluding carboxylic acids is 1. The van der Waals surface area contributed by atoms with Crippen molar-refractivity contribution in [3.63, 3.8) is 0 Å². The zero-order valence-corrected chi connectivity index (χ0v) is 14.6. The van der Waals surface area contributed by atoms with E-state index in [0.717, 1.165) is 5.69 Å². The van der Waals surface area contributed by atoms with Crippen molar-refractivity contribution in [2.75, 3.05) is 23.7 Å². The molecule has 0 radical (unpaired) electrons. The molecule has 0 aliphatic rings. The highest BCUT2D eigenvalue weighted by atomic mass is 19.1. The van der Waals surface area contributed by atoms with Gasteiger partial charge in [0.25, 0.3) is 0 Å². The van der Waals surface area contributed by atoms with Crippen LogP contribution in [-0.2, 0) is 4.74 Å². The summed E-state index contributed by atoms with van der Waals surface area (Å²) in [7, 11) is 0. The Morgan fingerprint density at radius 2 is 2.00 bits per heavy atom. The standard InChI is InChI=1S/C17H28FN3O2/c1-11(2)12(9-19)10-20-13-6-7-14(18)15(8-13)21-16(22)23-17(3,4)5/h6-8,11-12,20H,9-10,19H2,1-5H3,(H,21,22). The molecule has 1 amide bonds. The Bertz CT molecular complexity index is 527. The van der Waals surface area contributed by atoms with Crippen LogP contribution in [0.1, 0.15) is 34.6 Å². The normalized spacial score (nSPS) is 12.9. The minimum Gasteiger partial charge on any atom is -0.444 e. The van der Waals surface area contributed by atoms with Gasteiger partial charge in [-0.25, -0.2) is 9.18 Å². The maximum absolute atomic E-state index is 13.8. The molecule has 0 heterocycles. The number of nitrogens with two attached hydrogens (primary N) is 1. The summed E-state index contributed by atoms with van der Waals surface area (Å²) in [6, 6.07) is 4.48. The van der Waals surface area contributed by atoms with Crippen LogP contribution in [0.4, 0.5) is 20.6 Å². The Balaban J connectivity index is 2.73. The number of nitrogens with one attached hydrogen (secondary N) is 2. The number of hydrogen-bond donors (Lipinski definition) is 3. The summed E-state index contributed by atoms with van der Waals surface area (Å²) in [4.78, 5) is 11.8. The molecule has 0 spiro atoms. The van der Waals surface area contributed by atoms with Gasteiger partial charge in [-0.15, -0.1) is 0 Å². The van der Waals surface area contributed by atoms with E-state index < -0.39 is 17.5 Å². The van der Waals surface area contributed by atoms with Crippen LogP contribution >= 0.6 is 0 Å². The quantitative estimate of drug-likeness (QED) is 0.743. The van der Waals surface area contributed by atoms with Crippen molar-refractivity contribution in [1.29, 1.82) is 0 Å². The third-order valence-corrected chi connectivity index (χ3v) is 3.42. The number of hydrogen-bond acceptors (Lipinski definition) is 4. The average Bonchev–Trinajstić information content (AvgIpc) is 2.40. The molecule has 130 valence electrons. The minimum atomic E-state index is -0.685. The molecule has 0 aromatic heterocycles. The van der Waals surface area contributed by atoms with Crippen molar-refractivity contribution in [3.05, 3.63) is 24.0 Å². The van der Waals surface area contributed by atoms with E-state index in [-0.39, 0.29) is 5.69 Å². The summed E-state index contributed by atoms with van der Waals surface area (Å²) < 4.78 is 19.0. The number of carbonyl (C=O) groups is 1. The van der Waals surface area contributed by atoms with Crippen LogP contribution in [0.25, 0.3) is 0 Å². The summed E-state index contributed by atoms with van der Waals surface area (Å²) in [5.74, 6) is 0.260. The van der Waals surface area contributed by atoms with E-state index in [1.165, 1.54) is 6.07 Å². The Labute approximate surface area is 137 Å². The van der Waals surface area contributed by atoms with Gasteiger partial charge in [0, 0.05) is 12.2 Å². The second-order valence-corrected chi connectivity index (χ2v) is 6.94. The molecule has 0 aliphatic carbocycles. The van der Waals surface area contributed by atoms with Gasteiger partial charge in [-0.05, 0) is 57.4 Å². The number of amides is 1. The van der Waals surface area contributed by atoms with Gasteiger partial charge in [-0.2, -0.15) is 0 Å². The third kappa shape index (κ3) is 6.86. The predicted octanol–water partition coefficient (Wildman–Crippen LogP) is 3.82. The van der Waals surface area contributed by atoms with Gasteiger partial charge >= 0.3 is 6.09 Å². The number of benzene rings is 1. The highest BCUT2D eigenvalue weighted by molar-refractivity contribution is 5.85. The van der Waals surface area contributed by atoms with Gasteiger partial charge in [0.15, 0.2) is 0 Å². The summed E-state index contributed by atoms with van der Waals surface area (Å²) >= 11 is 0. The van der Waals surface area contributed by atoms with Crippen LogP contribution in [0.5, 0.6) is 0 Å². The second-order valence-electron chi connectivity index (χ2n) is 6.94. The van der Waals surface area contributed by atoms with E-state index >= 15 is 0 Å². The van der Waals surface area contributed by atoms with Crippen molar-refractivity contribution in [1.82, 2.24) is 0 Å². The van der Waals surface area contributed by atoms with Crippen molar-refractivity contribution in [2.24, 2.45) is 17.6 Å². The maximum atomic E-state index is 13.8. The largest absolute Gasteiger partial charge is 0.444 e. The van der Waals surface area contributed by atoms with Crippen LogP contribution < -0.4 is 16.4 Å². The van der Waals surface area contributed by atoms with Gasteiger partial charge in [-0.3, -0.25) is 5.32 Å². The molecule has 1 unspecified atom stereocenters. The summed E-state index contributed by atoms with van der Waals surface area (Å²) in [5, 5.41) is 5.66. The summed E-state index contributed by atoms with van der Waals surface area (Å²) in [6.07, 6.45) is -0.685. The molecule has 1 atom stereocenters. The number of anilines is 2. The van der Waals surface area contributed by atoms with Crippen LogP contribution in [0.15, 0.2) is 18.2 Å². The fourth-order valence-corrected chi connectivity index (χ4v) is 1.98. The lowest BCUT2D eigenvalue weighted by atomic mass is 9.96. The van der Waals surface area contributed by atoms with Gasteiger partial charge in [0.1, 0.15) is 11.4 Å². The van der Waals surface area contributed by atoms with Crippen molar-refractivity contribution in [3.8, 4) is 0 Å². The Morgan fingerprint density at radius 3 is 2.52 bits per heavy atom. The topological polar surface area (TPSA) is 76.4 Å². The van der Waals surface area contributed by atoms with Crippen LogP contribution in [0.3, 0.4) is 0 Å². The average molecular weight is 325 g/mol. The molecule has 0 aliphatic heterocycles. The van der Waals surface area contributed by atoms with Crippen LogP contribution in [0.2, 0.25) is 0 Å². The lowest BCUT2D eigenvalue weighted by molar-refractivity contribution is 0.0635. The van der Waals surface area contributed by atoms with Gasteiger partial charge in [0.2, 0.25) is 0 Å². The molecule has 23 heavy (non-hydrogen) atoms. The smallest absolute Gasteiger partial charge is 0.412 e. The minimum absolute atomic E-state index is 0.0816. The fraction of sp³-hybridized carbons (Fsp3) is 0.588. The first-order valence-electron chi connectivity index (χ1n) is 7.86. The Kier molecular flexibility index (Phi) is 6.81. The van der Waals surface area contributed by atoms with Crippen LogP contribution in [-0.4, -0.2) is 24.8 Å². The monoisotopic (exact) mass is 325 g/mol. The highest BCUT2D eigenvalue weighted by Crippen LogP contribution is 2.21. The van der Waals surface area contributed by atoms with E-state index in [4.69, 9.17) is 10.5 Å². The van der Waals surface area contributed by atoms with Gasteiger partial charge < -0.3 is 15.8 Å². The zero-order chi connectivity index (χ0) is 17.6. The predicted molar refractivity (Wildman–Crippen MR) is 92.1 cm³/mol. The molecule has 0 bridgehead atoms. The SMILES string of the molecule is CC(C)C(CN)CNc1ccc(F)c(NC(=O)OC(C)(C)C)c1. The summed E-state index contributed by atoms with van der Waals surface area (Å²) in [5.41, 5.74) is 5.91. The van der Waals surface area contributed by atoms with E-state index in [0.29, 0.717) is 24.9 Å². The third-order valence-electron chi connectivity index (χ3n) is 3.42. The maximum Gasteiger partial charge on any atom is 0.412 e. The second kappa shape index (κ2) is 8.15. The number of ether oxygens (including phenoxy) is 1. The fourth-order valence-electron chi connectivity index (χ4n) is 1.98. The first-order chi connectivity index (χ1) is 10.6. The van der Waals surface area contributed by atoms with Crippen LogP contribution in [0, 0.1) is 17.7 Å². The van der Waals surface area contributed by atoms with Crippen molar-refractivity contribution < 1.29 is 13.9 Å². The Morgan fingerprint density at radius 1 is 1.35 bits per heavy atom. The first-order valence-corrected chi connectivity index (χ1v) is 7.86. The first kappa shape index (κ1) is 19.2. The lowest BCUT2D eigenvalue weighted by Crippen LogP contribution is -2.28. The molecule has 5 nitrogen and oxygen atoms in total. The van der Waals surface area contributed by atoms with E-state index in [9.17, 15) is 9.18 Å². The zero-order valence-electron chi connectivity index (χ0n) is 14.6. The van der Waals surface area contributed by atoms with E-state index in [1.807, 2.05) is 0 Å². The molecule has 6 heteroatoms. The lowest BCUT2D eigenvalue weighted by Gasteiger charge is -2.21. The molecular formula is C17H28FN3O2. The van der Waals surface area contributed by atoms with E-state index in [1.54, 1.807) is 32.9 Å². The molecule has 1 aromatic carbocycles. The molecule has 0 saturated carbocycles. The number of rotatable bonds is 6. The molecule has 0 fully saturated rings. The molecule has 1 rings (SSSR count). The molecule has 4 N–H and O–H groups in total. The summed E-state index contributed by atoms with van der Waals surface area (Å²) in [6.45, 7) is 10.7. The Hall–Kier alpha value is -1.82. The number of halogens is 1. The van der Waals surface area contributed by atoms with Crippen molar-refractivity contribution in [2.45, 2.75) is 40.2 Å². The molecular weight excluding hydrogens is 297 g/mol. The van der Waals surface area contributed by atoms with E-state index in [2.05, 4.69) is 24.5 Å². The molecule has 0 saturated heterocycles. The molecule has 1 aromatic rings. The van der Waals surface area contributed by atoms with Gasteiger partial charge in [-0.1, -0.05) is 13.8 Å². The highest BCUT2D eigenvalue weighted by Gasteiger charge is 2.18. The van der Waals surface area contributed by atoms with Gasteiger partial charge in [0.05, 0.1) is 5.69 Å². The van der Waals surface area contributed by atoms with Crippen molar-refractivity contribution >= 4 is 17.5 Å².